The van der Waals surface area contributed by atoms with Crippen LogP contribution in [0.5, 0.6) is 0 Å². The highest BCUT2D eigenvalue weighted by atomic mass is 16.1. The Kier molecular flexibility index (Phi) is 5.55. The fourth-order valence-electron chi connectivity index (χ4n) is 2.34. The number of ketones is 1. The van der Waals surface area contributed by atoms with Crippen molar-refractivity contribution in [2.75, 3.05) is 0 Å². The van der Waals surface area contributed by atoms with Gasteiger partial charge in [-0.25, -0.2) is 0 Å². The molecule has 0 amide bonds. The van der Waals surface area contributed by atoms with Crippen molar-refractivity contribution < 1.29 is 4.79 Å². The summed E-state index contributed by atoms with van der Waals surface area (Å²) < 4.78 is 0. The molecule has 2 rings (SSSR count). The average molecular weight is 266 g/mol. The van der Waals surface area contributed by atoms with E-state index in [0.29, 0.717) is 5.78 Å². The van der Waals surface area contributed by atoms with Crippen LogP contribution in [0, 0.1) is 0 Å². The van der Waals surface area contributed by atoms with Gasteiger partial charge in [0.05, 0.1) is 0 Å². The van der Waals surface area contributed by atoms with E-state index in [1.165, 1.54) is 16.3 Å². The van der Waals surface area contributed by atoms with Gasteiger partial charge in [0.2, 0.25) is 0 Å². The highest BCUT2D eigenvalue weighted by molar-refractivity contribution is 5.84. The maximum Gasteiger partial charge on any atom is 0.129 e. The van der Waals surface area contributed by atoms with E-state index in [4.69, 9.17) is 0 Å². The maximum absolute atomic E-state index is 10.8. The van der Waals surface area contributed by atoms with E-state index in [-0.39, 0.29) is 0 Å². The van der Waals surface area contributed by atoms with Crippen LogP contribution in [0.4, 0.5) is 0 Å². The second-order valence-electron chi connectivity index (χ2n) is 5.31. The van der Waals surface area contributed by atoms with Gasteiger partial charge in [0.1, 0.15) is 5.78 Å². The third-order valence-corrected chi connectivity index (χ3v) is 3.48. The molecule has 0 aliphatic heterocycles. The maximum atomic E-state index is 10.8. The molecule has 0 unspecified atom stereocenters. The Labute approximate surface area is 121 Å². The molecule has 0 heterocycles. The number of carbonyl (C=O) groups excluding carboxylic acids is 1. The van der Waals surface area contributed by atoms with Crippen LogP contribution in [0.1, 0.15) is 44.6 Å². The zero-order valence-corrected chi connectivity index (χ0v) is 12.1. The van der Waals surface area contributed by atoms with Gasteiger partial charge in [-0.05, 0) is 48.6 Å². The van der Waals surface area contributed by atoms with Crippen molar-refractivity contribution in [2.24, 2.45) is 0 Å². The molecule has 0 saturated heterocycles. The number of benzene rings is 2. The summed E-state index contributed by atoms with van der Waals surface area (Å²) in [5.41, 5.74) is 1.26. The summed E-state index contributed by atoms with van der Waals surface area (Å²) in [6.07, 6.45) is 9.58. The van der Waals surface area contributed by atoms with Gasteiger partial charge in [-0.1, -0.05) is 55.0 Å². The number of unbranched alkanes of at least 4 members (excludes halogenated alkanes) is 3. The van der Waals surface area contributed by atoms with Crippen molar-refractivity contribution in [1.29, 1.82) is 0 Å². The molecule has 104 valence electrons. The predicted molar refractivity (Wildman–Crippen MR) is 86.7 cm³/mol. The van der Waals surface area contributed by atoms with Crippen molar-refractivity contribution in [1.82, 2.24) is 0 Å². The van der Waals surface area contributed by atoms with Gasteiger partial charge in [-0.15, -0.1) is 0 Å². The number of carbonyl (C=O) groups is 1. The van der Waals surface area contributed by atoms with E-state index < -0.39 is 0 Å². The Morgan fingerprint density at radius 2 is 1.80 bits per heavy atom. The zero-order valence-electron chi connectivity index (χ0n) is 12.1. The molecule has 0 fully saturated rings. The first-order chi connectivity index (χ1) is 9.75. The monoisotopic (exact) mass is 266 g/mol. The molecule has 0 aliphatic carbocycles. The minimum Gasteiger partial charge on any atom is -0.300 e. The summed E-state index contributed by atoms with van der Waals surface area (Å²) in [5, 5.41) is 2.57. The van der Waals surface area contributed by atoms with E-state index >= 15 is 0 Å². The lowest BCUT2D eigenvalue weighted by Crippen LogP contribution is -1.88. The zero-order chi connectivity index (χ0) is 14.2. The first-order valence-electron chi connectivity index (χ1n) is 7.40. The van der Waals surface area contributed by atoms with Gasteiger partial charge in [-0.3, -0.25) is 0 Å². The van der Waals surface area contributed by atoms with E-state index in [0.717, 1.165) is 32.1 Å². The summed E-state index contributed by atoms with van der Waals surface area (Å²) >= 11 is 0. The fourth-order valence-corrected chi connectivity index (χ4v) is 2.34. The molecule has 0 saturated carbocycles. The predicted octanol–water partition coefficient (Wildman–Crippen LogP) is 5.39. The molecule has 20 heavy (non-hydrogen) atoms. The second-order valence-corrected chi connectivity index (χ2v) is 5.31. The van der Waals surface area contributed by atoms with Crippen LogP contribution < -0.4 is 0 Å². The topological polar surface area (TPSA) is 17.1 Å². The number of allylic oxidation sites excluding steroid dienone is 1. The van der Waals surface area contributed by atoms with Gasteiger partial charge in [0.25, 0.3) is 0 Å². The van der Waals surface area contributed by atoms with Gasteiger partial charge in [0, 0.05) is 6.42 Å². The van der Waals surface area contributed by atoms with Gasteiger partial charge >= 0.3 is 0 Å². The molecule has 0 spiro atoms. The average Bonchev–Trinajstić information content (AvgIpc) is 2.46. The first kappa shape index (κ1) is 14.5. The standard InChI is InChI=1S/C19H22O/c1-16(20)9-5-3-2-4-6-10-17-13-14-18-11-7-8-12-19(18)15-17/h6-8,10-15H,2-5,9H2,1H3. The Balaban J connectivity index is 1.79. The van der Waals surface area contributed by atoms with E-state index in [9.17, 15) is 4.79 Å². The molecule has 0 aliphatic rings. The Morgan fingerprint density at radius 3 is 2.60 bits per heavy atom. The number of hydrogen-bond acceptors (Lipinski definition) is 1. The molecular weight excluding hydrogens is 244 g/mol. The second kappa shape index (κ2) is 7.64. The molecule has 0 atom stereocenters. The van der Waals surface area contributed by atoms with Gasteiger partial charge < -0.3 is 4.79 Å². The van der Waals surface area contributed by atoms with Crippen LogP contribution in [0.2, 0.25) is 0 Å². The van der Waals surface area contributed by atoms with E-state index in [1.54, 1.807) is 6.92 Å². The molecular formula is C19H22O. The quantitative estimate of drug-likeness (QED) is 0.614. The summed E-state index contributed by atoms with van der Waals surface area (Å²) in [6, 6.07) is 15.0. The third kappa shape index (κ3) is 4.65. The van der Waals surface area contributed by atoms with Crippen molar-refractivity contribution in [2.45, 2.75) is 39.0 Å². The third-order valence-electron chi connectivity index (χ3n) is 3.48. The summed E-state index contributed by atoms with van der Waals surface area (Å²) in [6.45, 7) is 1.67. The van der Waals surface area contributed by atoms with Crippen molar-refractivity contribution in [3.63, 3.8) is 0 Å². The number of hydrogen-bond donors (Lipinski definition) is 0. The number of rotatable bonds is 7. The Morgan fingerprint density at radius 1 is 1.00 bits per heavy atom. The fraction of sp³-hybridized carbons (Fsp3) is 0.316. The molecule has 2 aromatic carbocycles. The van der Waals surface area contributed by atoms with Crippen molar-refractivity contribution >= 4 is 22.6 Å². The molecule has 0 radical (unpaired) electrons. The van der Waals surface area contributed by atoms with Crippen LogP contribution >= 0.6 is 0 Å². The number of Topliss-reactive ketones (excluding diaryl/α,β-unsaturated/α-hetero) is 1. The largest absolute Gasteiger partial charge is 0.300 e. The minimum atomic E-state index is 0.303. The summed E-state index contributed by atoms with van der Waals surface area (Å²) in [4.78, 5) is 10.8. The van der Waals surface area contributed by atoms with Crippen LogP contribution in [0.15, 0.2) is 48.5 Å². The van der Waals surface area contributed by atoms with Crippen LogP contribution in [-0.2, 0) is 4.79 Å². The molecule has 0 N–H and O–H groups in total. The van der Waals surface area contributed by atoms with E-state index in [1.807, 2.05) is 0 Å². The lowest BCUT2D eigenvalue weighted by atomic mass is 10.1. The normalized spacial score (nSPS) is 11.2. The van der Waals surface area contributed by atoms with Crippen LogP contribution in [0.3, 0.4) is 0 Å². The van der Waals surface area contributed by atoms with Crippen molar-refractivity contribution in [3.8, 4) is 0 Å². The van der Waals surface area contributed by atoms with Crippen molar-refractivity contribution in [3.05, 3.63) is 54.1 Å². The highest BCUT2D eigenvalue weighted by Crippen LogP contribution is 2.16. The SMILES string of the molecule is CC(=O)CCCCCC=Cc1ccc2ccccc2c1. The summed E-state index contributed by atoms with van der Waals surface area (Å²) in [5.74, 6) is 0.303. The van der Waals surface area contributed by atoms with Crippen LogP contribution in [0.25, 0.3) is 16.8 Å². The first-order valence-corrected chi connectivity index (χ1v) is 7.40. The molecule has 1 nitrogen and oxygen atoms in total. The van der Waals surface area contributed by atoms with E-state index in [2.05, 4.69) is 54.6 Å². The lowest BCUT2D eigenvalue weighted by Gasteiger charge is -1.99. The van der Waals surface area contributed by atoms with Gasteiger partial charge in [-0.2, -0.15) is 0 Å². The number of fused-ring (bicyclic) bond motifs is 1. The summed E-state index contributed by atoms with van der Waals surface area (Å²) in [7, 11) is 0. The molecule has 1 heteroatoms. The lowest BCUT2D eigenvalue weighted by molar-refractivity contribution is -0.117. The van der Waals surface area contributed by atoms with Crippen LogP contribution in [-0.4, -0.2) is 5.78 Å². The van der Waals surface area contributed by atoms with Gasteiger partial charge in [0.15, 0.2) is 0 Å². The molecule has 0 aromatic heterocycles. The molecule has 0 bridgehead atoms. The minimum absolute atomic E-state index is 0.303. The Hall–Kier alpha value is -1.89. The Bertz CT molecular complexity index is 595. The molecule has 2 aromatic rings. The highest BCUT2D eigenvalue weighted by Gasteiger charge is 1.94. The smallest absolute Gasteiger partial charge is 0.129 e.